The Morgan fingerprint density at radius 1 is 1.39 bits per heavy atom. The maximum Gasteiger partial charge on any atom is 0.353 e. The number of rotatable bonds is 10. The molecule has 1 unspecified atom stereocenters. The van der Waals surface area contributed by atoms with Crippen molar-refractivity contribution >= 4 is 86.5 Å². The molecule has 3 atom stereocenters. The highest BCUT2D eigenvalue weighted by molar-refractivity contribution is 8.00. The fourth-order valence-electron chi connectivity index (χ4n) is 4.77. The van der Waals surface area contributed by atoms with E-state index in [2.05, 4.69) is 25.5 Å². The SMILES string of the molecule is CC[C@@H](O/N=C(\C(=O)NC1(C=S)C(=O)N2C(C(=O)O)=C(c3nc(=N)c(C)c4n(C)cnn34)CS[C@H]21)c1csc(N)n1)C(=O)O. The monoisotopic (exact) mass is 660 g/mol. The second-order valence-electron chi connectivity index (χ2n) is 9.65. The molecule has 2 aliphatic heterocycles. The number of carboxylic acids is 2. The molecule has 6 N–H and O–H groups in total. The molecule has 5 heterocycles. The van der Waals surface area contributed by atoms with Crippen LogP contribution in [0.4, 0.5) is 5.13 Å². The van der Waals surface area contributed by atoms with Gasteiger partial charge in [0.25, 0.3) is 11.8 Å². The maximum atomic E-state index is 13.8. The summed E-state index contributed by atoms with van der Waals surface area (Å²) in [6, 6.07) is 0. The van der Waals surface area contributed by atoms with Crippen molar-refractivity contribution in [2.24, 2.45) is 12.2 Å². The summed E-state index contributed by atoms with van der Waals surface area (Å²) in [5.41, 5.74) is 4.07. The fourth-order valence-corrected chi connectivity index (χ4v) is 7.12. The van der Waals surface area contributed by atoms with Crippen LogP contribution in [-0.4, -0.2) is 96.9 Å². The minimum Gasteiger partial charge on any atom is -0.478 e. The zero-order chi connectivity index (χ0) is 32.1. The molecule has 17 nitrogen and oxygen atoms in total. The highest BCUT2D eigenvalue weighted by atomic mass is 32.2. The lowest BCUT2D eigenvalue weighted by Gasteiger charge is -2.55. The number of thioether (sulfide) groups is 1. The number of thiazole rings is 1. The number of oxime groups is 1. The van der Waals surface area contributed by atoms with Crippen LogP contribution in [0.1, 0.15) is 30.4 Å². The molecule has 1 saturated heterocycles. The van der Waals surface area contributed by atoms with E-state index in [0.29, 0.717) is 11.2 Å². The van der Waals surface area contributed by atoms with Crippen LogP contribution in [-0.2, 0) is 31.1 Å². The van der Waals surface area contributed by atoms with Gasteiger partial charge in [-0.1, -0.05) is 24.3 Å². The highest BCUT2D eigenvalue weighted by Gasteiger charge is 2.65. The van der Waals surface area contributed by atoms with Gasteiger partial charge in [0.05, 0.1) is 0 Å². The molecule has 44 heavy (non-hydrogen) atoms. The molecule has 0 spiro atoms. The molecule has 1 fully saturated rings. The quantitative estimate of drug-likeness (QED) is 0.0816. The van der Waals surface area contributed by atoms with E-state index in [4.69, 9.17) is 28.2 Å². The Kier molecular flexibility index (Phi) is 7.99. The van der Waals surface area contributed by atoms with Crippen molar-refractivity contribution in [1.29, 1.82) is 5.41 Å². The van der Waals surface area contributed by atoms with Gasteiger partial charge in [0, 0.05) is 34.7 Å². The van der Waals surface area contributed by atoms with E-state index in [-0.39, 0.29) is 39.9 Å². The molecular weight excluding hydrogens is 637 g/mol. The minimum atomic E-state index is -1.85. The van der Waals surface area contributed by atoms with Crippen LogP contribution in [0.15, 0.2) is 22.6 Å². The third-order valence-electron chi connectivity index (χ3n) is 6.97. The average molecular weight is 661 g/mol. The van der Waals surface area contributed by atoms with Crippen molar-refractivity contribution in [3.63, 3.8) is 0 Å². The Morgan fingerprint density at radius 3 is 2.70 bits per heavy atom. The number of thiocarbonyl (C=S) groups is 1. The summed E-state index contributed by atoms with van der Waals surface area (Å²) in [5, 5.41) is 40.0. The van der Waals surface area contributed by atoms with Crippen LogP contribution in [0.25, 0.3) is 11.2 Å². The van der Waals surface area contributed by atoms with Gasteiger partial charge in [-0.05, 0) is 13.3 Å². The summed E-state index contributed by atoms with van der Waals surface area (Å²) in [7, 11) is 1.72. The smallest absolute Gasteiger partial charge is 0.353 e. The number of aromatic nitrogens is 5. The Labute approximate surface area is 260 Å². The predicted molar refractivity (Wildman–Crippen MR) is 161 cm³/mol. The van der Waals surface area contributed by atoms with Gasteiger partial charge >= 0.3 is 11.9 Å². The molecule has 0 bridgehead atoms. The number of carbonyl (C=O) groups is 4. The number of fused-ring (bicyclic) bond motifs is 2. The van der Waals surface area contributed by atoms with Gasteiger partial charge in [-0.25, -0.2) is 19.6 Å². The van der Waals surface area contributed by atoms with E-state index in [1.54, 1.807) is 25.5 Å². The number of aliphatic carboxylic acids is 2. The zero-order valence-electron chi connectivity index (χ0n) is 23.2. The van der Waals surface area contributed by atoms with Crippen molar-refractivity contribution in [3.05, 3.63) is 40.0 Å². The van der Waals surface area contributed by atoms with Gasteiger partial charge in [-0.3, -0.25) is 19.9 Å². The molecule has 0 aliphatic carbocycles. The predicted octanol–water partition coefficient (Wildman–Crippen LogP) is -0.256. The molecule has 230 valence electrons. The summed E-state index contributed by atoms with van der Waals surface area (Å²) in [4.78, 5) is 65.8. The van der Waals surface area contributed by atoms with Crippen molar-refractivity contribution in [3.8, 4) is 0 Å². The van der Waals surface area contributed by atoms with Crippen LogP contribution in [0, 0.1) is 12.3 Å². The summed E-state index contributed by atoms with van der Waals surface area (Å²) in [6.45, 7) is 3.24. The molecule has 5 rings (SSSR count). The molecule has 2 amide bonds. The Morgan fingerprint density at radius 2 is 2.11 bits per heavy atom. The number of nitrogens with one attached hydrogen (secondary N) is 2. The number of carbonyl (C=O) groups excluding carboxylic acids is 2. The number of nitrogens with two attached hydrogens (primary N) is 1. The van der Waals surface area contributed by atoms with Crippen LogP contribution < -0.4 is 16.5 Å². The van der Waals surface area contributed by atoms with Gasteiger partial charge in [0.15, 0.2) is 27.7 Å². The number of anilines is 1. The molecule has 0 radical (unpaired) electrons. The summed E-state index contributed by atoms with van der Waals surface area (Å²) in [5.74, 6) is -4.49. The summed E-state index contributed by atoms with van der Waals surface area (Å²) < 4.78 is 3.08. The average Bonchev–Trinajstić information content (AvgIpc) is 3.59. The fraction of sp³-hybridized carbons (Fsp3) is 0.333. The number of carboxylic acid groups (broad SMARTS) is 2. The van der Waals surface area contributed by atoms with Gasteiger partial charge in [0.1, 0.15) is 28.7 Å². The zero-order valence-corrected chi connectivity index (χ0v) is 25.6. The molecule has 20 heteroatoms. The van der Waals surface area contributed by atoms with E-state index in [1.807, 2.05) is 0 Å². The Balaban J connectivity index is 1.53. The van der Waals surface area contributed by atoms with E-state index in [1.165, 1.54) is 16.2 Å². The second kappa shape index (κ2) is 11.4. The van der Waals surface area contributed by atoms with Crippen LogP contribution in [0.3, 0.4) is 0 Å². The lowest BCUT2D eigenvalue weighted by atomic mass is 9.87. The molecular formula is C24H24N10O7S3. The molecule has 3 aromatic rings. The summed E-state index contributed by atoms with van der Waals surface area (Å²) in [6.07, 6.45) is 0.162. The van der Waals surface area contributed by atoms with Gasteiger partial charge in [0.2, 0.25) is 6.10 Å². The first-order valence-corrected chi connectivity index (χ1v) is 15.1. The minimum absolute atomic E-state index is 0.00845. The first-order valence-electron chi connectivity index (χ1n) is 12.7. The normalized spacial score (nSPS) is 20.6. The molecule has 3 aromatic heterocycles. The lowest BCUT2D eigenvalue weighted by Crippen LogP contribution is -2.80. The van der Waals surface area contributed by atoms with Crippen molar-refractivity contribution in [2.75, 3.05) is 11.5 Å². The molecule has 0 saturated carbocycles. The number of nitrogens with zero attached hydrogens (tertiary/aromatic N) is 7. The first-order chi connectivity index (χ1) is 20.9. The van der Waals surface area contributed by atoms with E-state index >= 15 is 0 Å². The number of hydrogen-bond donors (Lipinski definition) is 5. The first kappa shape index (κ1) is 30.8. The Hall–Kier alpha value is -4.69. The van der Waals surface area contributed by atoms with Gasteiger partial charge in [-0.15, -0.1) is 23.1 Å². The van der Waals surface area contributed by atoms with Gasteiger partial charge < -0.3 is 30.7 Å². The van der Waals surface area contributed by atoms with Crippen LogP contribution >= 0.6 is 35.3 Å². The molecule has 2 aliphatic rings. The number of amides is 2. The number of aryl methyl sites for hydroxylation is 2. The van der Waals surface area contributed by atoms with Crippen molar-refractivity contribution < 1.29 is 34.2 Å². The number of hydrogen-bond acceptors (Lipinski definition) is 14. The van der Waals surface area contributed by atoms with Crippen molar-refractivity contribution in [1.82, 2.24) is 34.4 Å². The number of nitrogen functional groups attached to an aromatic ring is 1. The van der Waals surface area contributed by atoms with Crippen molar-refractivity contribution in [2.45, 2.75) is 37.3 Å². The topological polar surface area (TPSA) is 243 Å². The maximum absolute atomic E-state index is 13.8. The van der Waals surface area contributed by atoms with E-state index < -0.39 is 52.2 Å². The third kappa shape index (κ3) is 4.79. The highest BCUT2D eigenvalue weighted by Crippen LogP contribution is 2.47. The van der Waals surface area contributed by atoms with Crippen LogP contribution in [0.2, 0.25) is 0 Å². The number of β-lactam (4-membered cyclic amide) rings is 1. The van der Waals surface area contributed by atoms with Crippen LogP contribution in [0.5, 0.6) is 0 Å². The third-order valence-corrected chi connectivity index (χ3v) is 9.37. The van der Waals surface area contributed by atoms with Gasteiger partial charge in [-0.2, -0.15) is 9.61 Å². The lowest BCUT2D eigenvalue weighted by molar-refractivity contribution is -0.153. The van der Waals surface area contributed by atoms with E-state index in [0.717, 1.165) is 33.4 Å². The standard InChI is InChI=1S/C24H24N10O7S3/c1-4-12(19(36)37)41-31-13(11-6-44-23(26)28-11)17(35)30-24(7-42)21(40)33-14(20(38)39)10(5-43-22(24)33)16-29-15(25)9(2)18-32(3)8-27-34(16)18/h6-8,12,22,25H,4-5H2,1-3H3,(H2,26,28)(H,30,35)(H,36,37)(H,38,39)/b25-15?,31-13-/t12-,22+,24?/m1/s1. The van der Waals surface area contributed by atoms with E-state index in [9.17, 15) is 29.4 Å². The largest absolute Gasteiger partial charge is 0.478 e. The second-order valence-corrected chi connectivity index (χ2v) is 11.8. The molecule has 0 aromatic carbocycles. The summed E-state index contributed by atoms with van der Waals surface area (Å²) >= 11 is 7.30. The Bertz CT molecular complexity index is 1880.